The molecule has 150 valence electrons. The molecule has 0 aliphatic carbocycles. The van der Waals surface area contributed by atoms with Gasteiger partial charge in [-0.05, 0) is 30.7 Å². The molecule has 0 spiro atoms. The molecule has 8 heteroatoms. The summed E-state index contributed by atoms with van der Waals surface area (Å²) >= 11 is 0. The molecule has 0 atom stereocenters. The van der Waals surface area contributed by atoms with Crippen molar-refractivity contribution in [2.75, 3.05) is 5.32 Å². The van der Waals surface area contributed by atoms with E-state index in [1.54, 1.807) is 42.5 Å². The Morgan fingerprint density at radius 3 is 2.37 bits per heavy atom. The topological polar surface area (TPSA) is 114 Å². The van der Waals surface area contributed by atoms with Crippen LogP contribution in [-0.2, 0) is 0 Å². The van der Waals surface area contributed by atoms with Crippen molar-refractivity contribution >= 4 is 29.4 Å². The summed E-state index contributed by atoms with van der Waals surface area (Å²) in [5.41, 5.74) is 4.66. The Kier molecular flexibility index (Phi) is 6.29. The van der Waals surface area contributed by atoms with Crippen LogP contribution in [-0.4, -0.2) is 23.0 Å². The third kappa shape index (κ3) is 4.93. The summed E-state index contributed by atoms with van der Waals surface area (Å²) in [5.74, 6) is -0.856. The minimum Gasteiger partial charge on any atom is -0.321 e. The molecular formula is C22H18N4O4. The van der Waals surface area contributed by atoms with E-state index in [0.717, 1.165) is 5.56 Å². The number of para-hydroxylation sites is 1. The number of amides is 2. The average Bonchev–Trinajstić information content (AvgIpc) is 2.74. The van der Waals surface area contributed by atoms with Gasteiger partial charge < -0.3 is 5.32 Å². The van der Waals surface area contributed by atoms with Crippen molar-refractivity contribution in [3.8, 4) is 0 Å². The number of benzene rings is 3. The Morgan fingerprint density at radius 1 is 0.933 bits per heavy atom. The lowest BCUT2D eigenvalue weighted by atomic mass is 10.1. The van der Waals surface area contributed by atoms with Gasteiger partial charge in [0.2, 0.25) is 0 Å². The molecule has 0 heterocycles. The van der Waals surface area contributed by atoms with Gasteiger partial charge in [0.1, 0.15) is 0 Å². The predicted octanol–water partition coefficient (Wildman–Crippen LogP) is 3.92. The monoisotopic (exact) mass is 402 g/mol. The summed E-state index contributed by atoms with van der Waals surface area (Å²) in [6, 6.07) is 19.6. The van der Waals surface area contributed by atoms with Crippen molar-refractivity contribution in [3.63, 3.8) is 0 Å². The molecule has 0 unspecified atom stereocenters. The third-order valence-corrected chi connectivity index (χ3v) is 4.27. The van der Waals surface area contributed by atoms with E-state index in [9.17, 15) is 19.7 Å². The molecule has 0 fully saturated rings. The van der Waals surface area contributed by atoms with Crippen LogP contribution in [0.2, 0.25) is 0 Å². The first-order valence-corrected chi connectivity index (χ1v) is 8.99. The highest BCUT2D eigenvalue weighted by molar-refractivity contribution is 6.09. The first kappa shape index (κ1) is 20.4. The van der Waals surface area contributed by atoms with Crippen LogP contribution >= 0.6 is 0 Å². The Labute approximate surface area is 172 Å². The molecule has 30 heavy (non-hydrogen) atoms. The van der Waals surface area contributed by atoms with Crippen LogP contribution in [0.4, 0.5) is 11.4 Å². The lowest BCUT2D eigenvalue weighted by molar-refractivity contribution is -0.384. The van der Waals surface area contributed by atoms with Crippen LogP contribution in [0, 0.1) is 17.0 Å². The van der Waals surface area contributed by atoms with Gasteiger partial charge in [-0.3, -0.25) is 19.7 Å². The molecule has 3 rings (SSSR count). The van der Waals surface area contributed by atoms with E-state index in [1.165, 1.54) is 24.4 Å². The van der Waals surface area contributed by atoms with Crippen LogP contribution in [0.1, 0.15) is 31.8 Å². The van der Waals surface area contributed by atoms with Gasteiger partial charge in [-0.2, -0.15) is 5.10 Å². The summed E-state index contributed by atoms with van der Waals surface area (Å²) in [4.78, 5) is 35.4. The van der Waals surface area contributed by atoms with Gasteiger partial charge in [-0.15, -0.1) is 0 Å². The highest BCUT2D eigenvalue weighted by Crippen LogP contribution is 2.17. The molecular weight excluding hydrogens is 384 g/mol. The number of hydrazone groups is 1. The van der Waals surface area contributed by atoms with Crippen molar-refractivity contribution in [2.24, 2.45) is 5.10 Å². The summed E-state index contributed by atoms with van der Waals surface area (Å²) < 4.78 is 0. The Hall–Kier alpha value is -4.33. The molecule has 0 saturated carbocycles. The van der Waals surface area contributed by atoms with E-state index >= 15 is 0 Å². The standard InChI is InChI=1S/C22H18N4O4/c1-15-7-2-3-10-18(15)21(27)24-20-12-5-4-11-19(20)22(28)25-23-14-16-8-6-9-17(13-16)26(29)30/h2-14H,1H3,(H,24,27)(H,25,28)/b23-14-. The second-order valence-electron chi connectivity index (χ2n) is 6.37. The molecule has 2 amide bonds. The smallest absolute Gasteiger partial charge is 0.273 e. The quantitative estimate of drug-likeness (QED) is 0.369. The molecule has 0 saturated heterocycles. The van der Waals surface area contributed by atoms with Gasteiger partial charge in [0, 0.05) is 23.3 Å². The Morgan fingerprint density at radius 2 is 1.63 bits per heavy atom. The number of anilines is 1. The fraction of sp³-hybridized carbons (Fsp3) is 0.0455. The number of carbonyl (C=O) groups is 2. The highest BCUT2D eigenvalue weighted by Gasteiger charge is 2.14. The number of hydrogen-bond donors (Lipinski definition) is 2. The maximum absolute atomic E-state index is 12.6. The molecule has 0 aromatic heterocycles. The van der Waals surface area contributed by atoms with Crippen LogP contribution in [0.3, 0.4) is 0 Å². The minimum absolute atomic E-state index is 0.0745. The number of hydrogen-bond acceptors (Lipinski definition) is 5. The molecule has 2 N–H and O–H groups in total. The largest absolute Gasteiger partial charge is 0.321 e. The highest BCUT2D eigenvalue weighted by atomic mass is 16.6. The summed E-state index contributed by atoms with van der Waals surface area (Å²) in [5, 5.41) is 17.4. The van der Waals surface area contributed by atoms with Gasteiger partial charge >= 0.3 is 0 Å². The van der Waals surface area contributed by atoms with Gasteiger partial charge in [0.25, 0.3) is 17.5 Å². The second-order valence-corrected chi connectivity index (χ2v) is 6.37. The van der Waals surface area contributed by atoms with E-state index in [-0.39, 0.29) is 17.2 Å². The molecule has 3 aromatic carbocycles. The molecule has 0 radical (unpaired) electrons. The van der Waals surface area contributed by atoms with Crippen molar-refractivity contribution in [2.45, 2.75) is 6.92 Å². The molecule has 0 aliphatic rings. The Balaban J connectivity index is 1.73. The first-order valence-electron chi connectivity index (χ1n) is 8.99. The summed E-state index contributed by atoms with van der Waals surface area (Å²) in [6.45, 7) is 1.83. The maximum Gasteiger partial charge on any atom is 0.273 e. The number of non-ortho nitro benzene ring substituents is 1. The van der Waals surface area contributed by atoms with Gasteiger partial charge in [0.15, 0.2) is 0 Å². The summed E-state index contributed by atoms with van der Waals surface area (Å²) in [6.07, 6.45) is 1.30. The van der Waals surface area contributed by atoms with E-state index in [1.807, 2.05) is 19.1 Å². The number of nitro benzene ring substituents is 1. The lowest BCUT2D eigenvalue weighted by Gasteiger charge is -2.11. The molecule has 8 nitrogen and oxygen atoms in total. The fourth-order valence-electron chi connectivity index (χ4n) is 2.75. The molecule has 0 aliphatic heterocycles. The number of rotatable bonds is 6. The van der Waals surface area contributed by atoms with Crippen LogP contribution in [0.15, 0.2) is 77.9 Å². The van der Waals surface area contributed by atoms with E-state index in [0.29, 0.717) is 16.8 Å². The molecule has 0 bridgehead atoms. The van der Waals surface area contributed by atoms with Crippen LogP contribution in [0.5, 0.6) is 0 Å². The third-order valence-electron chi connectivity index (χ3n) is 4.27. The second kappa shape index (κ2) is 9.24. The number of nitrogens with one attached hydrogen (secondary N) is 2. The minimum atomic E-state index is -0.530. The van der Waals surface area contributed by atoms with Crippen molar-refractivity contribution in [1.29, 1.82) is 0 Å². The number of nitrogens with zero attached hydrogens (tertiary/aromatic N) is 2. The average molecular weight is 402 g/mol. The van der Waals surface area contributed by atoms with E-state index in [4.69, 9.17) is 0 Å². The lowest BCUT2D eigenvalue weighted by Crippen LogP contribution is -2.21. The zero-order chi connectivity index (χ0) is 21.5. The predicted molar refractivity (Wildman–Crippen MR) is 114 cm³/mol. The normalized spacial score (nSPS) is 10.6. The number of carbonyl (C=O) groups excluding carboxylic acids is 2. The van der Waals surface area contributed by atoms with E-state index in [2.05, 4.69) is 15.8 Å². The number of nitro groups is 1. The van der Waals surface area contributed by atoms with Crippen LogP contribution in [0.25, 0.3) is 0 Å². The van der Waals surface area contributed by atoms with Gasteiger partial charge in [-0.1, -0.05) is 42.5 Å². The Bertz CT molecular complexity index is 1140. The fourth-order valence-corrected chi connectivity index (χ4v) is 2.75. The van der Waals surface area contributed by atoms with Gasteiger partial charge in [0.05, 0.1) is 22.4 Å². The van der Waals surface area contributed by atoms with Gasteiger partial charge in [-0.25, -0.2) is 5.43 Å². The van der Waals surface area contributed by atoms with Crippen molar-refractivity contribution in [3.05, 3.63) is 105 Å². The maximum atomic E-state index is 12.6. The number of aryl methyl sites for hydroxylation is 1. The SMILES string of the molecule is Cc1ccccc1C(=O)Nc1ccccc1C(=O)N/N=C\c1cccc([N+](=O)[O-])c1. The van der Waals surface area contributed by atoms with Crippen molar-refractivity contribution in [1.82, 2.24) is 5.43 Å². The summed E-state index contributed by atoms with van der Waals surface area (Å²) in [7, 11) is 0. The first-order chi connectivity index (χ1) is 14.5. The zero-order valence-corrected chi connectivity index (χ0v) is 16.0. The zero-order valence-electron chi connectivity index (χ0n) is 16.0. The van der Waals surface area contributed by atoms with Crippen LogP contribution < -0.4 is 10.7 Å². The van der Waals surface area contributed by atoms with E-state index < -0.39 is 10.8 Å². The molecule has 3 aromatic rings. The van der Waals surface area contributed by atoms with Crippen molar-refractivity contribution < 1.29 is 14.5 Å².